The quantitative estimate of drug-likeness (QED) is 0.908. The van der Waals surface area contributed by atoms with Crippen LogP contribution in [-0.4, -0.2) is 9.97 Å². The average molecular weight is 252 g/mol. The molecule has 0 spiro atoms. The van der Waals surface area contributed by atoms with Crippen LogP contribution in [0.4, 0.5) is 4.39 Å². The molecular formula is C12H11ClFN3. The summed E-state index contributed by atoms with van der Waals surface area (Å²) in [7, 11) is 0. The number of nitrogens with zero attached hydrogens (tertiary/aromatic N) is 2. The molecule has 0 unspecified atom stereocenters. The second-order valence-corrected chi connectivity index (χ2v) is 3.98. The third kappa shape index (κ3) is 3.47. The summed E-state index contributed by atoms with van der Waals surface area (Å²) in [6, 6.07) is 6.46. The van der Waals surface area contributed by atoms with Gasteiger partial charge in [-0.2, -0.15) is 0 Å². The van der Waals surface area contributed by atoms with Gasteiger partial charge in [0.05, 0.1) is 5.69 Å². The molecule has 3 nitrogen and oxygen atoms in total. The van der Waals surface area contributed by atoms with E-state index in [4.69, 9.17) is 11.6 Å². The first-order valence-electron chi connectivity index (χ1n) is 5.15. The molecule has 5 heteroatoms. The lowest BCUT2D eigenvalue weighted by Gasteiger charge is -2.05. The summed E-state index contributed by atoms with van der Waals surface area (Å²) in [5.41, 5.74) is 1.46. The van der Waals surface area contributed by atoms with Crippen molar-refractivity contribution >= 4 is 11.6 Å². The number of nitrogens with one attached hydrogen (secondary N) is 1. The van der Waals surface area contributed by atoms with Gasteiger partial charge in [-0.3, -0.25) is 0 Å². The molecule has 2 rings (SSSR count). The predicted octanol–water partition coefficient (Wildman–Crippen LogP) is 2.56. The van der Waals surface area contributed by atoms with Crippen LogP contribution in [0.3, 0.4) is 0 Å². The van der Waals surface area contributed by atoms with Gasteiger partial charge in [0.15, 0.2) is 0 Å². The molecule has 1 aromatic heterocycles. The summed E-state index contributed by atoms with van der Waals surface area (Å²) in [5, 5.41) is 3.51. The second-order valence-electron chi connectivity index (χ2n) is 3.54. The number of benzene rings is 1. The molecular weight excluding hydrogens is 241 g/mol. The van der Waals surface area contributed by atoms with Crippen molar-refractivity contribution in [2.45, 2.75) is 13.1 Å². The maximum atomic E-state index is 13.4. The van der Waals surface area contributed by atoms with Gasteiger partial charge in [0, 0.05) is 29.9 Å². The largest absolute Gasteiger partial charge is 0.307 e. The van der Waals surface area contributed by atoms with Crippen molar-refractivity contribution in [1.82, 2.24) is 15.3 Å². The normalized spacial score (nSPS) is 10.5. The number of halogens is 2. The fourth-order valence-electron chi connectivity index (χ4n) is 1.41. The Morgan fingerprint density at radius 3 is 2.82 bits per heavy atom. The molecule has 0 amide bonds. The molecule has 2 aromatic rings. The monoisotopic (exact) mass is 251 g/mol. The van der Waals surface area contributed by atoms with Gasteiger partial charge in [0.1, 0.15) is 12.1 Å². The molecule has 1 heterocycles. The first-order chi connectivity index (χ1) is 8.25. The molecule has 17 heavy (non-hydrogen) atoms. The summed E-state index contributed by atoms with van der Waals surface area (Å²) in [6.07, 6.45) is 3.16. The van der Waals surface area contributed by atoms with Crippen molar-refractivity contribution in [2.75, 3.05) is 0 Å². The highest BCUT2D eigenvalue weighted by Crippen LogP contribution is 2.14. The first-order valence-corrected chi connectivity index (χ1v) is 5.53. The van der Waals surface area contributed by atoms with Crippen LogP contribution in [0.5, 0.6) is 0 Å². The molecule has 0 saturated carbocycles. The Hall–Kier alpha value is -1.52. The number of rotatable bonds is 4. The van der Waals surface area contributed by atoms with E-state index in [1.807, 2.05) is 6.07 Å². The molecule has 0 radical (unpaired) electrons. The highest BCUT2D eigenvalue weighted by molar-refractivity contribution is 6.30. The number of hydrogen-bond donors (Lipinski definition) is 1. The summed E-state index contributed by atoms with van der Waals surface area (Å²) >= 11 is 5.67. The zero-order valence-electron chi connectivity index (χ0n) is 9.03. The van der Waals surface area contributed by atoms with Crippen LogP contribution in [0.25, 0.3) is 0 Å². The highest BCUT2D eigenvalue weighted by atomic mass is 35.5. The van der Waals surface area contributed by atoms with E-state index in [9.17, 15) is 4.39 Å². The minimum Gasteiger partial charge on any atom is -0.307 e. The van der Waals surface area contributed by atoms with Crippen molar-refractivity contribution < 1.29 is 4.39 Å². The van der Waals surface area contributed by atoms with Gasteiger partial charge >= 0.3 is 0 Å². The number of hydrogen-bond acceptors (Lipinski definition) is 3. The lowest BCUT2D eigenvalue weighted by molar-refractivity contribution is 0.585. The topological polar surface area (TPSA) is 37.8 Å². The lowest BCUT2D eigenvalue weighted by atomic mass is 10.2. The van der Waals surface area contributed by atoms with Crippen molar-refractivity contribution in [1.29, 1.82) is 0 Å². The lowest BCUT2D eigenvalue weighted by Crippen LogP contribution is -2.14. The molecule has 0 aliphatic carbocycles. The van der Waals surface area contributed by atoms with E-state index >= 15 is 0 Å². The van der Waals surface area contributed by atoms with E-state index in [1.54, 1.807) is 18.3 Å². The minimum atomic E-state index is -0.298. The molecule has 0 aliphatic rings. The first kappa shape index (κ1) is 12.0. The van der Waals surface area contributed by atoms with Crippen molar-refractivity contribution in [2.24, 2.45) is 0 Å². The minimum absolute atomic E-state index is 0.298. The van der Waals surface area contributed by atoms with E-state index in [-0.39, 0.29) is 5.82 Å². The Morgan fingerprint density at radius 2 is 2.12 bits per heavy atom. The second kappa shape index (κ2) is 5.70. The Balaban J connectivity index is 1.90. The summed E-state index contributed by atoms with van der Waals surface area (Å²) in [4.78, 5) is 7.88. The van der Waals surface area contributed by atoms with Crippen molar-refractivity contribution in [3.63, 3.8) is 0 Å². The van der Waals surface area contributed by atoms with E-state index in [0.29, 0.717) is 23.7 Å². The molecule has 0 aliphatic heterocycles. The fraction of sp³-hybridized carbons (Fsp3) is 0.167. The van der Waals surface area contributed by atoms with Crippen LogP contribution in [0, 0.1) is 5.82 Å². The van der Waals surface area contributed by atoms with Crippen LogP contribution in [0.15, 0.2) is 36.8 Å². The third-order valence-electron chi connectivity index (χ3n) is 2.28. The molecule has 0 fully saturated rings. The Kier molecular flexibility index (Phi) is 4.01. The van der Waals surface area contributed by atoms with E-state index in [2.05, 4.69) is 15.3 Å². The van der Waals surface area contributed by atoms with Crippen LogP contribution < -0.4 is 5.32 Å². The smallest absolute Gasteiger partial charge is 0.129 e. The van der Waals surface area contributed by atoms with Crippen LogP contribution in [-0.2, 0) is 13.1 Å². The van der Waals surface area contributed by atoms with E-state index in [0.717, 1.165) is 5.69 Å². The maximum Gasteiger partial charge on any atom is 0.129 e. The molecule has 0 atom stereocenters. The van der Waals surface area contributed by atoms with Gasteiger partial charge < -0.3 is 5.32 Å². The van der Waals surface area contributed by atoms with Gasteiger partial charge in [-0.1, -0.05) is 17.7 Å². The van der Waals surface area contributed by atoms with Crippen molar-refractivity contribution in [3.8, 4) is 0 Å². The Morgan fingerprint density at radius 1 is 1.24 bits per heavy atom. The maximum absolute atomic E-state index is 13.4. The highest BCUT2D eigenvalue weighted by Gasteiger charge is 2.02. The molecule has 1 N–H and O–H groups in total. The Labute approximate surface area is 104 Å². The van der Waals surface area contributed by atoms with Gasteiger partial charge in [0.2, 0.25) is 0 Å². The molecule has 0 bridgehead atoms. The molecule has 0 saturated heterocycles. The zero-order chi connectivity index (χ0) is 12.1. The average Bonchev–Trinajstić information content (AvgIpc) is 2.33. The fourth-order valence-corrected chi connectivity index (χ4v) is 1.57. The van der Waals surface area contributed by atoms with Crippen LogP contribution >= 0.6 is 11.6 Å². The van der Waals surface area contributed by atoms with Gasteiger partial charge in [-0.25, -0.2) is 14.4 Å². The summed E-state index contributed by atoms with van der Waals surface area (Å²) < 4.78 is 13.4. The molecule has 1 aromatic carbocycles. The standard InChI is InChI=1S/C12H11ClFN3/c13-10-2-1-9(12(14)5-10)6-16-7-11-3-4-15-8-17-11/h1-5,8,16H,6-7H2. The van der Waals surface area contributed by atoms with E-state index in [1.165, 1.54) is 12.4 Å². The zero-order valence-corrected chi connectivity index (χ0v) is 9.78. The summed E-state index contributed by atoms with van der Waals surface area (Å²) in [5.74, 6) is -0.298. The predicted molar refractivity (Wildman–Crippen MR) is 64.0 cm³/mol. The SMILES string of the molecule is Fc1cc(Cl)ccc1CNCc1ccncn1. The Bertz CT molecular complexity index is 490. The van der Waals surface area contributed by atoms with Crippen molar-refractivity contribution in [3.05, 3.63) is 58.9 Å². The van der Waals surface area contributed by atoms with E-state index < -0.39 is 0 Å². The van der Waals surface area contributed by atoms with Gasteiger partial charge in [-0.15, -0.1) is 0 Å². The van der Waals surface area contributed by atoms with Gasteiger partial charge in [0.25, 0.3) is 0 Å². The van der Waals surface area contributed by atoms with Gasteiger partial charge in [-0.05, 0) is 18.2 Å². The summed E-state index contributed by atoms with van der Waals surface area (Å²) in [6.45, 7) is 1.01. The number of aromatic nitrogens is 2. The van der Waals surface area contributed by atoms with Crippen LogP contribution in [0.1, 0.15) is 11.3 Å². The molecule has 88 valence electrons. The van der Waals surface area contributed by atoms with Crippen LogP contribution in [0.2, 0.25) is 5.02 Å². The third-order valence-corrected chi connectivity index (χ3v) is 2.51.